The normalized spacial score (nSPS) is 17.2. The van der Waals surface area contributed by atoms with E-state index in [1.54, 1.807) is 43.3 Å². The number of benzene rings is 1. The van der Waals surface area contributed by atoms with Crippen LogP contribution in [0, 0.1) is 6.92 Å². The Hall–Kier alpha value is -3.11. The number of sulfone groups is 1. The maximum atomic E-state index is 12.3. The van der Waals surface area contributed by atoms with Gasteiger partial charge in [0.15, 0.2) is 16.4 Å². The lowest BCUT2D eigenvalue weighted by Crippen LogP contribution is -2.24. The summed E-state index contributed by atoms with van der Waals surface area (Å²) >= 11 is 6.13. The minimum absolute atomic E-state index is 0.0295. The van der Waals surface area contributed by atoms with Crippen LogP contribution in [0.5, 0.6) is 0 Å². The fourth-order valence-electron chi connectivity index (χ4n) is 3.49. The van der Waals surface area contributed by atoms with Crippen LogP contribution in [0.4, 0.5) is 5.82 Å². The van der Waals surface area contributed by atoms with Crippen LogP contribution in [-0.2, 0) is 19.4 Å². The van der Waals surface area contributed by atoms with Crippen LogP contribution < -0.4 is 5.32 Å². The summed E-state index contributed by atoms with van der Waals surface area (Å²) in [6.07, 6.45) is 0.424. The predicted octanol–water partition coefficient (Wildman–Crippen LogP) is 3.26. The monoisotopic (exact) mass is 477 g/mol. The van der Waals surface area contributed by atoms with Crippen molar-refractivity contribution in [1.82, 2.24) is 9.78 Å². The molecule has 0 radical (unpaired) electrons. The molecule has 11 heteroatoms. The average molecular weight is 478 g/mol. The van der Waals surface area contributed by atoms with Crippen LogP contribution in [-0.4, -0.2) is 48.2 Å². The summed E-state index contributed by atoms with van der Waals surface area (Å²) in [4.78, 5) is 24.6. The van der Waals surface area contributed by atoms with E-state index < -0.39 is 28.3 Å². The maximum Gasteiger partial charge on any atom is 0.374 e. The summed E-state index contributed by atoms with van der Waals surface area (Å²) < 4.78 is 35.6. The lowest BCUT2D eigenvalue weighted by atomic mass is 10.2. The molecule has 1 fully saturated rings. The Morgan fingerprint density at radius 3 is 2.78 bits per heavy atom. The molecule has 1 atom stereocenters. The molecule has 0 saturated carbocycles. The SMILES string of the molecule is Cc1cc(NC(=O)COC(=O)c2ccc(-c3ccccc3Cl)o2)n([C@@H]2CCS(=O)(=O)C2)n1. The summed E-state index contributed by atoms with van der Waals surface area (Å²) in [5.74, 6) is -0.644. The molecule has 3 heterocycles. The minimum atomic E-state index is -3.11. The number of carbonyl (C=O) groups is 2. The van der Waals surface area contributed by atoms with Crippen molar-refractivity contribution >= 4 is 39.1 Å². The molecule has 9 nitrogen and oxygen atoms in total. The molecular weight excluding hydrogens is 458 g/mol. The zero-order valence-electron chi connectivity index (χ0n) is 17.1. The molecule has 4 rings (SSSR count). The highest BCUT2D eigenvalue weighted by Crippen LogP contribution is 2.29. The number of anilines is 1. The number of halogens is 1. The number of amides is 1. The van der Waals surface area contributed by atoms with E-state index in [0.717, 1.165) is 0 Å². The van der Waals surface area contributed by atoms with Crippen LogP contribution in [0.1, 0.15) is 28.7 Å². The molecule has 1 N–H and O–H groups in total. The molecule has 1 aliphatic heterocycles. The molecule has 1 aliphatic rings. The number of nitrogens with zero attached hydrogens (tertiary/aromatic N) is 2. The molecule has 0 unspecified atom stereocenters. The quantitative estimate of drug-likeness (QED) is 0.541. The molecule has 0 aliphatic carbocycles. The standard InChI is InChI=1S/C21H20ClN3O6S/c1-13-10-19(25(24-13)14-8-9-32(28,29)12-14)23-20(26)11-30-21(27)18-7-6-17(31-18)15-4-2-3-5-16(15)22/h2-7,10,14H,8-9,11-12H2,1H3,(H,23,26)/t14-/m1/s1. The van der Waals surface area contributed by atoms with Gasteiger partial charge in [-0.2, -0.15) is 5.10 Å². The Bertz CT molecular complexity index is 1280. The summed E-state index contributed by atoms with van der Waals surface area (Å²) in [6, 6.07) is 11.3. The van der Waals surface area contributed by atoms with Crippen molar-refractivity contribution in [3.8, 4) is 11.3 Å². The van der Waals surface area contributed by atoms with E-state index in [1.807, 2.05) is 0 Å². The number of hydrogen-bond donors (Lipinski definition) is 1. The van der Waals surface area contributed by atoms with E-state index in [4.69, 9.17) is 20.8 Å². The predicted molar refractivity (Wildman–Crippen MR) is 117 cm³/mol. The molecule has 2 aromatic heterocycles. The number of ether oxygens (including phenoxy) is 1. The third kappa shape index (κ3) is 4.86. The lowest BCUT2D eigenvalue weighted by molar-refractivity contribution is -0.119. The minimum Gasteiger partial charge on any atom is -0.450 e. The molecule has 1 aromatic carbocycles. The third-order valence-corrected chi connectivity index (χ3v) is 7.04. The lowest BCUT2D eigenvalue weighted by Gasteiger charge is -2.13. The maximum absolute atomic E-state index is 12.3. The fraction of sp³-hybridized carbons (Fsp3) is 0.286. The van der Waals surface area contributed by atoms with Crippen LogP contribution in [0.2, 0.25) is 5.02 Å². The Kier molecular flexibility index (Phi) is 6.07. The van der Waals surface area contributed by atoms with Crippen LogP contribution >= 0.6 is 11.6 Å². The number of aryl methyl sites for hydroxylation is 1. The molecule has 0 spiro atoms. The van der Waals surface area contributed by atoms with E-state index in [1.165, 1.54) is 10.7 Å². The van der Waals surface area contributed by atoms with Crippen LogP contribution in [0.15, 0.2) is 46.9 Å². The van der Waals surface area contributed by atoms with Gasteiger partial charge in [-0.05, 0) is 37.6 Å². The molecule has 3 aromatic rings. The van der Waals surface area contributed by atoms with E-state index >= 15 is 0 Å². The van der Waals surface area contributed by atoms with Crippen molar-refractivity contribution in [2.24, 2.45) is 0 Å². The Morgan fingerprint density at radius 1 is 1.28 bits per heavy atom. The van der Waals surface area contributed by atoms with Gasteiger partial charge in [0.2, 0.25) is 5.76 Å². The number of hydrogen-bond acceptors (Lipinski definition) is 7. The summed E-state index contributed by atoms with van der Waals surface area (Å²) in [6.45, 7) is 1.19. The van der Waals surface area contributed by atoms with Crippen molar-refractivity contribution in [3.05, 3.63) is 58.9 Å². The zero-order chi connectivity index (χ0) is 22.9. The first-order chi connectivity index (χ1) is 15.2. The molecule has 0 bridgehead atoms. The highest BCUT2D eigenvalue weighted by atomic mass is 35.5. The van der Waals surface area contributed by atoms with E-state index in [0.29, 0.717) is 34.3 Å². The van der Waals surface area contributed by atoms with Gasteiger partial charge < -0.3 is 14.5 Å². The van der Waals surface area contributed by atoms with Crippen LogP contribution in [0.25, 0.3) is 11.3 Å². The molecule has 1 saturated heterocycles. The largest absolute Gasteiger partial charge is 0.450 e. The number of aromatic nitrogens is 2. The van der Waals surface area contributed by atoms with Gasteiger partial charge in [-0.15, -0.1) is 0 Å². The Labute approximate surface area is 189 Å². The number of esters is 1. The first-order valence-electron chi connectivity index (χ1n) is 9.80. The number of carbonyl (C=O) groups excluding carboxylic acids is 2. The first-order valence-corrected chi connectivity index (χ1v) is 12.0. The molecule has 168 valence electrons. The van der Waals surface area contributed by atoms with E-state index in [9.17, 15) is 18.0 Å². The van der Waals surface area contributed by atoms with E-state index in [2.05, 4.69) is 10.4 Å². The summed E-state index contributed by atoms with van der Waals surface area (Å²) in [5.41, 5.74) is 1.26. The first kappa shape index (κ1) is 22.1. The van der Waals surface area contributed by atoms with Gasteiger partial charge in [-0.1, -0.05) is 23.7 Å². The Balaban J connectivity index is 1.37. The second kappa shape index (κ2) is 8.79. The van der Waals surface area contributed by atoms with Crippen molar-refractivity contribution < 1.29 is 27.2 Å². The van der Waals surface area contributed by atoms with Gasteiger partial charge >= 0.3 is 5.97 Å². The fourth-order valence-corrected chi connectivity index (χ4v) is 5.41. The summed E-state index contributed by atoms with van der Waals surface area (Å²) in [5, 5.41) is 7.39. The topological polar surface area (TPSA) is 120 Å². The smallest absolute Gasteiger partial charge is 0.374 e. The van der Waals surface area contributed by atoms with Gasteiger partial charge in [0.05, 0.1) is 28.3 Å². The molecule has 1 amide bonds. The van der Waals surface area contributed by atoms with Gasteiger partial charge in [-0.25, -0.2) is 17.9 Å². The van der Waals surface area contributed by atoms with Crippen molar-refractivity contribution in [2.45, 2.75) is 19.4 Å². The number of nitrogens with one attached hydrogen (secondary N) is 1. The Morgan fingerprint density at radius 2 is 2.06 bits per heavy atom. The van der Waals surface area contributed by atoms with Crippen molar-refractivity contribution in [2.75, 3.05) is 23.4 Å². The van der Waals surface area contributed by atoms with Gasteiger partial charge in [0, 0.05) is 11.6 Å². The highest BCUT2D eigenvalue weighted by Gasteiger charge is 2.31. The third-order valence-electron chi connectivity index (χ3n) is 4.96. The zero-order valence-corrected chi connectivity index (χ0v) is 18.6. The molecule has 32 heavy (non-hydrogen) atoms. The van der Waals surface area contributed by atoms with Gasteiger partial charge in [0.25, 0.3) is 5.91 Å². The average Bonchev–Trinajstić information content (AvgIpc) is 3.45. The van der Waals surface area contributed by atoms with Gasteiger partial charge in [-0.3, -0.25) is 4.79 Å². The van der Waals surface area contributed by atoms with Crippen molar-refractivity contribution in [3.63, 3.8) is 0 Å². The van der Waals surface area contributed by atoms with E-state index in [-0.39, 0.29) is 23.3 Å². The van der Waals surface area contributed by atoms with Gasteiger partial charge in [0.1, 0.15) is 11.6 Å². The second-order valence-electron chi connectivity index (χ2n) is 7.44. The molecular formula is C21H20ClN3O6S. The second-order valence-corrected chi connectivity index (χ2v) is 10.1. The summed E-state index contributed by atoms with van der Waals surface area (Å²) in [7, 11) is -3.11. The highest BCUT2D eigenvalue weighted by molar-refractivity contribution is 7.91. The van der Waals surface area contributed by atoms with Crippen LogP contribution in [0.3, 0.4) is 0 Å². The van der Waals surface area contributed by atoms with Crippen molar-refractivity contribution in [1.29, 1.82) is 0 Å². The number of rotatable bonds is 6. The number of furan rings is 1.